The van der Waals surface area contributed by atoms with Gasteiger partial charge in [-0.25, -0.2) is 8.78 Å². The van der Waals surface area contributed by atoms with Crippen molar-refractivity contribution in [1.29, 1.82) is 5.26 Å². The summed E-state index contributed by atoms with van der Waals surface area (Å²) in [5.41, 5.74) is -0.637. The van der Waals surface area contributed by atoms with Crippen LogP contribution in [-0.2, 0) is 0 Å². The highest BCUT2D eigenvalue weighted by Crippen LogP contribution is 2.16. The predicted octanol–water partition coefficient (Wildman–Crippen LogP) is 1.98. The smallest absolute Gasteiger partial charge is 0.268 e. The lowest BCUT2D eigenvalue weighted by atomic mass is 10.1. The van der Waals surface area contributed by atoms with E-state index in [1.807, 2.05) is 0 Å². The lowest BCUT2D eigenvalue weighted by Gasteiger charge is -2.01. The van der Waals surface area contributed by atoms with Gasteiger partial charge in [0.2, 0.25) is 0 Å². The number of Topliss-reactive ketones (excluding diaryl/α,β-unsaturated/α-hetero) is 1. The third kappa shape index (κ3) is 1.54. The van der Waals surface area contributed by atoms with Crippen LogP contribution in [0.15, 0.2) is 12.1 Å². The lowest BCUT2D eigenvalue weighted by molar-refractivity contribution is 0.104. The molecule has 0 radical (unpaired) electrons. The number of carbonyl (C=O) groups excluding carboxylic acids is 1. The molecule has 13 heavy (non-hydrogen) atoms. The minimum Gasteiger partial charge on any atom is -0.277 e. The van der Waals surface area contributed by atoms with Gasteiger partial charge in [-0.2, -0.15) is 5.26 Å². The Kier molecular flexibility index (Phi) is 2.38. The van der Waals surface area contributed by atoms with Crippen molar-refractivity contribution in [2.45, 2.75) is 6.92 Å². The fourth-order valence-corrected chi connectivity index (χ4v) is 0.921. The molecule has 1 rings (SSSR count). The molecule has 0 fully saturated rings. The summed E-state index contributed by atoms with van der Waals surface area (Å²) in [4.78, 5) is 10.8. The molecular weight excluding hydrogens is 176 g/mol. The SMILES string of the molecule is Cc1ccc(F)c(C(=O)C#N)c1F. The van der Waals surface area contributed by atoms with Gasteiger partial charge >= 0.3 is 0 Å². The third-order valence-corrected chi connectivity index (χ3v) is 1.61. The normalized spacial score (nSPS) is 9.38. The predicted molar refractivity (Wildman–Crippen MR) is 41.0 cm³/mol. The summed E-state index contributed by atoms with van der Waals surface area (Å²) in [6.45, 7) is 1.39. The zero-order valence-electron chi connectivity index (χ0n) is 6.77. The summed E-state index contributed by atoms with van der Waals surface area (Å²) < 4.78 is 25.9. The zero-order chi connectivity index (χ0) is 10.0. The Balaban J connectivity index is 3.44. The Morgan fingerprint density at radius 1 is 1.46 bits per heavy atom. The molecule has 1 aromatic rings. The van der Waals surface area contributed by atoms with Gasteiger partial charge in [-0.3, -0.25) is 4.79 Å². The summed E-state index contributed by atoms with van der Waals surface area (Å²) in [5.74, 6) is -3.17. The molecule has 1 aromatic carbocycles. The first-order valence-corrected chi connectivity index (χ1v) is 3.47. The van der Waals surface area contributed by atoms with Gasteiger partial charge in [0.1, 0.15) is 23.3 Å². The summed E-state index contributed by atoms with van der Waals surface area (Å²) in [5, 5.41) is 8.20. The molecule has 0 amide bonds. The maximum Gasteiger partial charge on any atom is 0.268 e. The van der Waals surface area contributed by atoms with E-state index in [9.17, 15) is 13.6 Å². The molecule has 4 heteroatoms. The molecule has 0 aliphatic carbocycles. The largest absolute Gasteiger partial charge is 0.277 e. The molecule has 0 heterocycles. The molecule has 0 atom stereocenters. The van der Waals surface area contributed by atoms with E-state index in [-0.39, 0.29) is 5.56 Å². The number of halogens is 2. The van der Waals surface area contributed by atoms with Crippen molar-refractivity contribution >= 4 is 5.78 Å². The standard InChI is InChI=1S/C9H5F2NO/c1-5-2-3-6(10)8(9(5)11)7(13)4-12/h2-3H,1H3. The van der Waals surface area contributed by atoms with E-state index in [0.717, 1.165) is 6.07 Å². The number of rotatable bonds is 1. The molecule has 0 spiro atoms. The topological polar surface area (TPSA) is 40.9 Å². The second-order valence-electron chi connectivity index (χ2n) is 2.49. The number of aryl methyl sites for hydroxylation is 1. The molecule has 0 unspecified atom stereocenters. The second-order valence-corrected chi connectivity index (χ2v) is 2.49. The Morgan fingerprint density at radius 3 is 2.62 bits per heavy atom. The van der Waals surface area contributed by atoms with Crippen LogP contribution in [0.1, 0.15) is 15.9 Å². The summed E-state index contributed by atoms with van der Waals surface area (Å²) in [6.07, 6.45) is 0. The molecule has 0 saturated carbocycles. The molecule has 0 aliphatic rings. The van der Waals surface area contributed by atoms with Crippen LogP contribution in [0.5, 0.6) is 0 Å². The van der Waals surface area contributed by atoms with Gasteiger partial charge in [-0.1, -0.05) is 6.07 Å². The second kappa shape index (κ2) is 3.31. The van der Waals surface area contributed by atoms with Crippen LogP contribution >= 0.6 is 0 Å². The van der Waals surface area contributed by atoms with E-state index >= 15 is 0 Å². The van der Waals surface area contributed by atoms with Gasteiger partial charge < -0.3 is 0 Å². The average Bonchev–Trinajstić information content (AvgIpc) is 2.12. The Labute approximate surface area is 73.4 Å². The molecule has 0 bridgehead atoms. The Hall–Kier alpha value is -1.76. The molecule has 2 nitrogen and oxygen atoms in total. The minimum absolute atomic E-state index is 0.139. The average molecular weight is 181 g/mol. The fourth-order valence-electron chi connectivity index (χ4n) is 0.921. The van der Waals surface area contributed by atoms with Crippen LogP contribution < -0.4 is 0 Å². The van der Waals surface area contributed by atoms with Crippen LogP contribution in [0.3, 0.4) is 0 Å². The monoisotopic (exact) mass is 181 g/mol. The third-order valence-electron chi connectivity index (χ3n) is 1.61. The van der Waals surface area contributed by atoms with E-state index in [1.54, 1.807) is 0 Å². The number of hydrogen-bond donors (Lipinski definition) is 0. The first kappa shape index (κ1) is 9.33. The maximum atomic E-state index is 13.1. The number of nitrogens with zero attached hydrogens (tertiary/aromatic N) is 1. The van der Waals surface area contributed by atoms with Crippen molar-refractivity contribution in [3.63, 3.8) is 0 Å². The fraction of sp³-hybridized carbons (Fsp3) is 0.111. The number of carbonyl (C=O) groups is 1. The van der Waals surface area contributed by atoms with E-state index in [4.69, 9.17) is 5.26 Å². The van der Waals surface area contributed by atoms with Crippen LogP contribution in [0.2, 0.25) is 0 Å². The maximum absolute atomic E-state index is 13.1. The van der Waals surface area contributed by atoms with Gasteiger partial charge in [-0.15, -0.1) is 0 Å². The van der Waals surface area contributed by atoms with Crippen molar-refractivity contribution < 1.29 is 13.6 Å². The number of hydrogen-bond acceptors (Lipinski definition) is 2. The van der Waals surface area contributed by atoms with Crippen LogP contribution in [0, 0.1) is 29.9 Å². The highest BCUT2D eigenvalue weighted by atomic mass is 19.1. The molecule has 0 N–H and O–H groups in total. The first-order chi connectivity index (χ1) is 6.07. The van der Waals surface area contributed by atoms with Crippen LogP contribution in [-0.4, -0.2) is 5.78 Å². The highest BCUT2D eigenvalue weighted by molar-refractivity contribution is 6.07. The first-order valence-electron chi connectivity index (χ1n) is 3.47. The molecule has 0 aliphatic heterocycles. The van der Waals surface area contributed by atoms with Crippen molar-refractivity contribution in [2.75, 3.05) is 0 Å². The molecule has 0 aromatic heterocycles. The molecule has 0 saturated heterocycles. The van der Waals surface area contributed by atoms with Gasteiger partial charge in [0.05, 0.1) is 0 Å². The van der Waals surface area contributed by atoms with Gasteiger partial charge in [0.25, 0.3) is 5.78 Å². The summed E-state index contributed by atoms with van der Waals surface area (Å²) in [6, 6.07) is 3.34. The number of benzene rings is 1. The van der Waals surface area contributed by atoms with E-state index in [1.165, 1.54) is 19.1 Å². The minimum atomic E-state index is -1.20. The van der Waals surface area contributed by atoms with Crippen molar-refractivity contribution in [3.8, 4) is 6.07 Å². The van der Waals surface area contributed by atoms with Crippen LogP contribution in [0.4, 0.5) is 8.78 Å². The number of nitriles is 1. The molecular formula is C9H5F2NO. The van der Waals surface area contributed by atoms with Crippen molar-refractivity contribution in [1.82, 2.24) is 0 Å². The Morgan fingerprint density at radius 2 is 2.08 bits per heavy atom. The van der Waals surface area contributed by atoms with E-state index in [0.29, 0.717) is 0 Å². The number of ketones is 1. The van der Waals surface area contributed by atoms with Crippen LogP contribution in [0.25, 0.3) is 0 Å². The molecule has 66 valence electrons. The highest BCUT2D eigenvalue weighted by Gasteiger charge is 2.18. The van der Waals surface area contributed by atoms with Crippen molar-refractivity contribution in [2.24, 2.45) is 0 Å². The summed E-state index contributed by atoms with van der Waals surface area (Å²) in [7, 11) is 0. The van der Waals surface area contributed by atoms with Crippen molar-refractivity contribution in [3.05, 3.63) is 34.9 Å². The van der Waals surface area contributed by atoms with E-state index in [2.05, 4.69) is 0 Å². The van der Waals surface area contributed by atoms with E-state index < -0.39 is 23.0 Å². The Bertz CT molecular complexity index is 407. The van der Waals surface area contributed by atoms with Gasteiger partial charge in [0, 0.05) is 0 Å². The van der Waals surface area contributed by atoms with Gasteiger partial charge in [0.15, 0.2) is 0 Å². The zero-order valence-corrected chi connectivity index (χ0v) is 6.77. The quantitative estimate of drug-likeness (QED) is 0.491. The summed E-state index contributed by atoms with van der Waals surface area (Å²) >= 11 is 0. The lowest BCUT2D eigenvalue weighted by Crippen LogP contribution is -2.04. The van der Waals surface area contributed by atoms with Gasteiger partial charge in [-0.05, 0) is 18.6 Å².